The van der Waals surface area contributed by atoms with Crippen molar-refractivity contribution in [2.24, 2.45) is 0 Å². The van der Waals surface area contributed by atoms with Gasteiger partial charge in [-0.15, -0.1) is 0 Å². The van der Waals surface area contributed by atoms with E-state index in [2.05, 4.69) is 60.9 Å². The molecule has 0 atom stereocenters. The Bertz CT molecular complexity index is 1180. The van der Waals surface area contributed by atoms with Crippen molar-refractivity contribution >= 4 is 16.7 Å². The van der Waals surface area contributed by atoms with E-state index in [9.17, 15) is 0 Å². The minimum Gasteiger partial charge on any atom is -0.456 e. The van der Waals surface area contributed by atoms with Gasteiger partial charge in [0.05, 0.1) is 6.07 Å². The smallest absolute Gasteiger partial charge is 0.203 e. The third-order valence-electron chi connectivity index (χ3n) is 4.90. The van der Waals surface area contributed by atoms with E-state index >= 15 is 0 Å². The van der Waals surface area contributed by atoms with Gasteiger partial charge in [-0.25, -0.2) is 4.58 Å². The Morgan fingerprint density at radius 1 is 0.846 bits per heavy atom. The van der Waals surface area contributed by atoms with E-state index < -0.39 is 0 Å². The highest BCUT2D eigenvalue weighted by atomic mass is 16.3. The lowest BCUT2D eigenvalue weighted by Gasteiger charge is -2.17. The third kappa shape index (κ3) is 2.66. The Balaban J connectivity index is 2.19. The van der Waals surface area contributed by atoms with E-state index in [-0.39, 0.29) is 0 Å². The molecule has 0 bridgehead atoms. The molecule has 2 aromatic carbocycles. The van der Waals surface area contributed by atoms with Gasteiger partial charge in [0, 0.05) is 28.3 Å². The first-order valence-electron chi connectivity index (χ1n) is 8.78. The van der Waals surface area contributed by atoms with Crippen LogP contribution < -0.4 is 15.7 Å². The summed E-state index contributed by atoms with van der Waals surface area (Å²) in [6.07, 6.45) is 0. The number of nitrogens with two attached hydrogens (primary N) is 1. The van der Waals surface area contributed by atoms with Crippen molar-refractivity contribution in [3.05, 3.63) is 71.1 Å². The summed E-state index contributed by atoms with van der Waals surface area (Å²) >= 11 is 0. The molecule has 2 N–H and O–H groups in total. The summed E-state index contributed by atoms with van der Waals surface area (Å²) in [5, 5.41) is 2.24. The molecule has 0 spiro atoms. The standard InChI is InChI=1S/C23H22N2O/c1-14-5-8-19-21(11-14)26-22-13-17(25(3)4)7-10-20(22)23(19)18-9-6-16(24)12-15(18)2/h5-13,24H,1-4H3/p+1. The van der Waals surface area contributed by atoms with Gasteiger partial charge in [-0.05, 0) is 54.8 Å². The summed E-state index contributed by atoms with van der Waals surface area (Å²) in [6.45, 7) is 4.19. The van der Waals surface area contributed by atoms with Crippen molar-refractivity contribution < 1.29 is 4.42 Å². The minimum absolute atomic E-state index is 0.784. The van der Waals surface area contributed by atoms with Crippen LogP contribution in [-0.2, 0) is 0 Å². The topological polar surface area (TPSA) is 42.2 Å². The SMILES string of the molecule is Cc1ccc2c(-c3ccc(N)cc3C)c3ccc(=[N+](C)C)cc-3oc2c1. The zero-order chi connectivity index (χ0) is 18.4. The molecule has 4 rings (SSSR count). The maximum Gasteiger partial charge on any atom is 0.203 e. The zero-order valence-corrected chi connectivity index (χ0v) is 15.6. The highest BCUT2D eigenvalue weighted by Gasteiger charge is 2.19. The third-order valence-corrected chi connectivity index (χ3v) is 4.90. The van der Waals surface area contributed by atoms with E-state index in [1.165, 1.54) is 16.7 Å². The Hall–Kier alpha value is -3.07. The van der Waals surface area contributed by atoms with Crippen LogP contribution in [0.4, 0.5) is 5.69 Å². The summed E-state index contributed by atoms with van der Waals surface area (Å²) in [5.74, 6) is 0.889. The van der Waals surface area contributed by atoms with Gasteiger partial charge in [0.1, 0.15) is 25.4 Å². The lowest BCUT2D eigenvalue weighted by atomic mass is 9.90. The first kappa shape index (κ1) is 16.4. The van der Waals surface area contributed by atoms with Gasteiger partial charge in [0.25, 0.3) is 0 Å². The molecule has 0 amide bonds. The number of anilines is 1. The van der Waals surface area contributed by atoms with Gasteiger partial charge in [0.15, 0.2) is 0 Å². The van der Waals surface area contributed by atoms with Crippen LogP contribution in [-0.4, -0.2) is 14.1 Å². The second kappa shape index (κ2) is 6.03. The summed E-state index contributed by atoms with van der Waals surface area (Å²) in [5.41, 5.74) is 13.5. The number of aryl methyl sites for hydroxylation is 2. The molecule has 0 radical (unpaired) electrons. The molecular weight excluding hydrogens is 320 g/mol. The predicted octanol–water partition coefficient (Wildman–Crippen LogP) is 4.44. The predicted molar refractivity (Wildman–Crippen MR) is 109 cm³/mol. The molecule has 3 nitrogen and oxygen atoms in total. The lowest BCUT2D eigenvalue weighted by molar-refractivity contribution is 0.617. The van der Waals surface area contributed by atoms with Gasteiger partial charge in [0.2, 0.25) is 5.36 Å². The molecule has 0 fully saturated rings. The molecule has 3 heteroatoms. The molecule has 26 heavy (non-hydrogen) atoms. The molecule has 0 saturated heterocycles. The number of hydrogen-bond acceptors (Lipinski definition) is 2. The molecule has 0 aromatic heterocycles. The second-order valence-corrected chi connectivity index (χ2v) is 7.13. The van der Waals surface area contributed by atoms with Crippen molar-refractivity contribution in [1.82, 2.24) is 4.58 Å². The summed E-state index contributed by atoms with van der Waals surface area (Å²) in [7, 11) is 4.08. The van der Waals surface area contributed by atoms with Crippen molar-refractivity contribution in [2.75, 3.05) is 19.8 Å². The highest BCUT2D eigenvalue weighted by molar-refractivity contribution is 6.02. The van der Waals surface area contributed by atoms with Gasteiger partial charge >= 0.3 is 0 Å². The molecule has 1 aliphatic heterocycles. The van der Waals surface area contributed by atoms with Crippen molar-refractivity contribution in [2.45, 2.75) is 13.8 Å². The quantitative estimate of drug-likeness (QED) is 0.315. The van der Waals surface area contributed by atoms with E-state index in [0.29, 0.717) is 0 Å². The monoisotopic (exact) mass is 343 g/mol. The summed E-state index contributed by atoms with van der Waals surface area (Å²) in [6, 6.07) is 18.9. The maximum absolute atomic E-state index is 6.29. The van der Waals surface area contributed by atoms with Crippen LogP contribution in [0, 0.1) is 13.8 Å². The second-order valence-electron chi connectivity index (χ2n) is 7.13. The minimum atomic E-state index is 0.784. The van der Waals surface area contributed by atoms with Crippen LogP contribution >= 0.6 is 0 Å². The Labute approximate surface area is 153 Å². The van der Waals surface area contributed by atoms with Gasteiger partial charge in [-0.3, -0.25) is 0 Å². The normalized spacial score (nSPS) is 11.2. The average Bonchev–Trinajstić information content (AvgIpc) is 2.59. The van der Waals surface area contributed by atoms with E-state index in [1.54, 1.807) is 0 Å². The summed E-state index contributed by atoms with van der Waals surface area (Å²) < 4.78 is 8.38. The largest absolute Gasteiger partial charge is 0.456 e. The van der Waals surface area contributed by atoms with Gasteiger partial charge in [-0.1, -0.05) is 18.2 Å². The van der Waals surface area contributed by atoms with Crippen LogP contribution in [0.5, 0.6) is 0 Å². The van der Waals surface area contributed by atoms with Gasteiger partial charge < -0.3 is 10.2 Å². The van der Waals surface area contributed by atoms with Crippen molar-refractivity contribution in [3.63, 3.8) is 0 Å². The van der Waals surface area contributed by atoms with Crippen LogP contribution in [0.25, 0.3) is 33.4 Å². The number of nitrogens with zero attached hydrogens (tertiary/aromatic N) is 1. The first-order valence-corrected chi connectivity index (χ1v) is 8.78. The molecule has 0 unspecified atom stereocenters. The number of nitrogen functional groups attached to an aromatic ring is 1. The molecule has 0 saturated carbocycles. The average molecular weight is 343 g/mol. The molecule has 2 aromatic rings. The molecule has 130 valence electrons. The molecular formula is C23H23N2O+. The fraction of sp³-hybridized carbons (Fsp3) is 0.174. The summed E-state index contributed by atoms with van der Waals surface area (Å²) in [4.78, 5) is 0. The Morgan fingerprint density at radius 2 is 1.62 bits per heavy atom. The van der Waals surface area contributed by atoms with Crippen LogP contribution in [0.3, 0.4) is 0 Å². The van der Waals surface area contributed by atoms with Crippen LogP contribution in [0.1, 0.15) is 11.1 Å². The number of hydrogen-bond donors (Lipinski definition) is 1. The van der Waals surface area contributed by atoms with E-state index in [1.807, 2.05) is 26.2 Å². The number of rotatable bonds is 1. The maximum atomic E-state index is 6.29. The van der Waals surface area contributed by atoms with Crippen LogP contribution in [0.2, 0.25) is 0 Å². The fourth-order valence-corrected chi connectivity index (χ4v) is 3.52. The number of fused-ring (bicyclic) bond motifs is 2. The molecule has 2 aliphatic rings. The van der Waals surface area contributed by atoms with E-state index in [0.717, 1.165) is 38.9 Å². The Kier molecular flexibility index (Phi) is 3.80. The number of benzene rings is 3. The highest BCUT2D eigenvalue weighted by Crippen LogP contribution is 2.41. The zero-order valence-electron chi connectivity index (χ0n) is 15.6. The van der Waals surface area contributed by atoms with Crippen molar-refractivity contribution in [3.8, 4) is 22.5 Å². The Morgan fingerprint density at radius 3 is 2.35 bits per heavy atom. The van der Waals surface area contributed by atoms with Crippen molar-refractivity contribution in [1.29, 1.82) is 0 Å². The van der Waals surface area contributed by atoms with Crippen LogP contribution in [0.15, 0.2) is 59.0 Å². The molecule has 1 heterocycles. The fourth-order valence-electron chi connectivity index (χ4n) is 3.52. The molecule has 1 aliphatic carbocycles. The first-order chi connectivity index (χ1) is 12.4. The lowest BCUT2D eigenvalue weighted by Crippen LogP contribution is -2.21. The van der Waals surface area contributed by atoms with E-state index in [4.69, 9.17) is 10.2 Å². The van der Waals surface area contributed by atoms with Gasteiger partial charge in [-0.2, -0.15) is 0 Å².